The summed E-state index contributed by atoms with van der Waals surface area (Å²) in [5.74, 6) is -0.711. The van der Waals surface area contributed by atoms with Gasteiger partial charge in [0.1, 0.15) is 0 Å². The Morgan fingerprint density at radius 3 is 2.90 bits per heavy atom. The highest BCUT2D eigenvalue weighted by Gasteiger charge is 1.98. The summed E-state index contributed by atoms with van der Waals surface area (Å²) in [7, 11) is 0. The quantitative estimate of drug-likeness (QED) is 0.612. The molecule has 54 valence electrons. The lowest BCUT2D eigenvalue weighted by atomic mass is 10.5. The van der Waals surface area contributed by atoms with E-state index in [4.69, 9.17) is 0 Å². The van der Waals surface area contributed by atoms with E-state index in [0.717, 1.165) is 6.07 Å². The van der Waals surface area contributed by atoms with Gasteiger partial charge >= 0.3 is 0 Å². The summed E-state index contributed by atoms with van der Waals surface area (Å²) >= 11 is 1.17. The Labute approximate surface area is 61.8 Å². The predicted octanol–water partition coefficient (Wildman–Crippen LogP) is 1.11. The molecular weight excluding hydrogens is 153 g/mol. The highest BCUT2D eigenvalue weighted by atomic mass is 32.2. The Kier molecular flexibility index (Phi) is 2.11. The molecule has 0 fully saturated rings. The van der Waals surface area contributed by atoms with E-state index in [-0.39, 0.29) is 0 Å². The molecule has 0 aliphatic heterocycles. The Balaban J connectivity index is 3.28. The van der Waals surface area contributed by atoms with E-state index in [1.165, 1.54) is 28.2 Å². The molecule has 0 amide bonds. The second kappa shape index (κ2) is 2.88. The van der Waals surface area contributed by atoms with Gasteiger partial charge in [-0.1, -0.05) is 0 Å². The van der Waals surface area contributed by atoms with Crippen LogP contribution in [0.5, 0.6) is 0 Å². The van der Waals surface area contributed by atoms with Crippen molar-refractivity contribution in [3.05, 3.63) is 34.5 Å². The van der Waals surface area contributed by atoms with Crippen LogP contribution in [0.15, 0.2) is 23.1 Å². The molecule has 1 aromatic heterocycles. The van der Waals surface area contributed by atoms with E-state index in [2.05, 4.69) is 0 Å². The summed E-state index contributed by atoms with van der Waals surface area (Å²) in [5.41, 5.74) is -0.588. The lowest BCUT2D eigenvalue weighted by Gasteiger charge is -1.96. The summed E-state index contributed by atoms with van der Waals surface area (Å²) in [6.45, 7) is 0. The van der Waals surface area contributed by atoms with Gasteiger partial charge in [0, 0.05) is 12.5 Å². The predicted molar refractivity (Wildman–Crippen MR) is 39.6 cm³/mol. The molecule has 0 aliphatic carbocycles. The van der Waals surface area contributed by atoms with Gasteiger partial charge in [-0.3, -0.25) is 8.77 Å². The molecule has 0 spiro atoms. The van der Waals surface area contributed by atoms with Gasteiger partial charge in [-0.2, -0.15) is 0 Å². The van der Waals surface area contributed by atoms with Crippen LogP contribution in [0.2, 0.25) is 0 Å². The van der Waals surface area contributed by atoms with Gasteiger partial charge < -0.3 is 0 Å². The number of rotatable bonds is 1. The van der Waals surface area contributed by atoms with Crippen molar-refractivity contribution in [1.82, 2.24) is 3.97 Å². The number of hydrogen-bond acceptors (Lipinski definition) is 2. The van der Waals surface area contributed by atoms with Crippen LogP contribution in [0.1, 0.15) is 0 Å². The lowest BCUT2D eigenvalue weighted by Crippen LogP contribution is -2.16. The third-order valence-corrected chi connectivity index (χ3v) is 1.75. The minimum Gasteiger partial charge on any atom is -0.265 e. The molecule has 2 nitrogen and oxygen atoms in total. The molecule has 0 radical (unpaired) electrons. The zero-order valence-corrected chi connectivity index (χ0v) is 6.19. The van der Waals surface area contributed by atoms with Crippen LogP contribution >= 0.6 is 11.9 Å². The molecule has 10 heavy (non-hydrogen) atoms. The number of hydrogen-bond donors (Lipinski definition) is 0. The van der Waals surface area contributed by atoms with Crippen molar-refractivity contribution in [3.63, 3.8) is 0 Å². The summed E-state index contributed by atoms with van der Waals surface area (Å²) < 4.78 is 13.7. The Morgan fingerprint density at radius 1 is 1.70 bits per heavy atom. The molecule has 0 bridgehead atoms. The summed E-state index contributed by atoms with van der Waals surface area (Å²) in [6, 6.07) is 2.64. The van der Waals surface area contributed by atoms with Crippen molar-refractivity contribution < 1.29 is 4.39 Å². The number of aromatic nitrogens is 1. The maximum absolute atomic E-state index is 12.4. The minimum atomic E-state index is -0.711. The SMILES string of the molecule is CSn1cccc(F)c1=O. The van der Waals surface area contributed by atoms with E-state index in [0.29, 0.717) is 0 Å². The average Bonchev–Trinajstić information content (AvgIpc) is 1.95. The van der Waals surface area contributed by atoms with Gasteiger partial charge in [0.2, 0.25) is 0 Å². The average molecular weight is 159 g/mol. The monoisotopic (exact) mass is 159 g/mol. The van der Waals surface area contributed by atoms with Gasteiger partial charge in [-0.05, 0) is 24.1 Å². The Hall–Kier alpha value is -0.770. The van der Waals surface area contributed by atoms with E-state index >= 15 is 0 Å². The first-order chi connectivity index (χ1) is 4.75. The largest absolute Gasteiger partial charge is 0.296 e. The first-order valence-electron chi connectivity index (χ1n) is 2.67. The molecule has 0 N–H and O–H groups in total. The molecule has 1 heterocycles. The van der Waals surface area contributed by atoms with Gasteiger partial charge in [0.05, 0.1) is 0 Å². The standard InChI is InChI=1S/C6H6FNOS/c1-10-8-4-2-3-5(7)6(8)9/h2-4H,1H3. The topological polar surface area (TPSA) is 22.0 Å². The second-order valence-corrected chi connectivity index (χ2v) is 2.43. The fraction of sp³-hybridized carbons (Fsp3) is 0.167. The van der Waals surface area contributed by atoms with Gasteiger partial charge in [0.25, 0.3) is 5.56 Å². The number of pyridine rings is 1. The van der Waals surface area contributed by atoms with E-state index in [1.807, 2.05) is 0 Å². The zero-order valence-electron chi connectivity index (χ0n) is 5.37. The third kappa shape index (κ3) is 1.21. The van der Waals surface area contributed by atoms with Crippen molar-refractivity contribution in [2.75, 3.05) is 6.26 Å². The zero-order chi connectivity index (χ0) is 7.56. The fourth-order valence-electron chi connectivity index (χ4n) is 0.594. The summed E-state index contributed by atoms with van der Waals surface area (Å²) in [4.78, 5) is 10.8. The summed E-state index contributed by atoms with van der Waals surface area (Å²) in [6.07, 6.45) is 3.23. The lowest BCUT2D eigenvalue weighted by molar-refractivity contribution is 0.605. The number of nitrogens with zero attached hydrogens (tertiary/aromatic N) is 1. The van der Waals surface area contributed by atoms with Gasteiger partial charge in [-0.15, -0.1) is 0 Å². The van der Waals surface area contributed by atoms with Crippen LogP contribution in [0, 0.1) is 5.82 Å². The number of halogens is 1. The molecule has 0 saturated carbocycles. The van der Waals surface area contributed by atoms with E-state index < -0.39 is 11.4 Å². The van der Waals surface area contributed by atoms with Crippen molar-refractivity contribution in [3.8, 4) is 0 Å². The Bertz CT molecular complexity index is 283. The van der Waals surface area contributed by atoms with Crippen LogP contribution in [0.4, 0.5) is 4.39 Å². The van der Waals surface area contributed by atoms with Gasteiger partial charge in [-0.25, -0.2) is 4.39 Å². The van der Waals surface area contributed by atoms with Crippen LogP contribution in [-0.2, 0) is 0 Å². The highest BCUT2D eigenvalue weighted by molar-refractivity contribution is 7.97. The van der Waals surface area contributed by atoms with Crippen LogP contribution in [0.25, 0.3) is 0 Å². The van der Waals surface area contributed by atoms with Crippen LogP contribution in [-0.4, -0.2) is 10.2 Å². The molecule has 0 aromatic carbocycles. The maximum atomic E-state index is 12.4. The smallest absolute Gasteiger partial charge is 0.265 e. The Morgan fingerprint density at radius 2 is 2.40 bits per heavy atom. The molecule has 0 aliphatic rings. The highest BCUT2D eigenvalue weighted by Crippen LogP contribution is 1.96. The first kappa shape index (κ1) is 7.34. The van der Waals surface area contributed by atoms with Crippen molar-refractivity contribution in [1.29, 1.82) is 0 Å². The molecule has 1 rings (SSSR count). The first-order valence-corrected chi connectivity index (χ1v) is 3.85. The van der Waals surface area contributed by atoms with Crippen molar-refractivity contribution in [2.45, 2.75) is 0 Å². The van der Waals surface area contributed by atoms with E-state index in [1.54, 1.807) is 6.26 Å². The molecule has 4 heteroatoms. The molecular formula is C6H6FNOS. The van der Waals surface area contributed by atoms with Crippen LogP contribution < -0.4 is 5.56 Å². The maximum Gasteiger partial charge on any atom is 0.296 e. The molecule has 0 saturated heterocycles. The van der Waals surface area contributed by atoms with Crippen molar-refractivity contribution >= 4 is 11.9 Å². The molecule has 1 aromatic rings. The summed E-state index contributed by atoms with van der Waals surface area (Å²) in [5, 5.41) is 0. The van der Waals surface area contributed by atoms with Gasteiger partial charge in [0.15, 0.2) is 5.82 Å². The van der Waals surface area contributed by atoms with E-state index in [9.17, 15) is 9.18 Å². The molecule has 0 unspecified atom stereocenters. The minimum absolute atomic E-state index is 0.588. The van der Waals surface area contributed by atoms with Crippen molar-refractivity contribution in [2.24, 2.45) is 0 Å². The molecule has 0 atom stereocenters. The fourth-order valence-corrected chi connectivity index (χ4v) is 1.04. The normalized spacial score (nSPS) is 9.80. The third-order valence-electron chi connectivity index (χ3n) is 1.07. The second-order valence-electron chi connectivity index (χ2n) is 1.67. The van der Waals surface area contributed by atoms with Crippen LogP contribution in [0.3, 0.4) is 0 Å².